The van der Waals surface area contributed by atoms with Crippen LogP contribution in [0.4, 0.5) is 11.4 Å². The van der Waals surface area contributed by atoms with E-state index in [9.17, 15) is 14.9 Å². The second-order valence-corrected chi connectivity index (χ2v) is 4.69. The third-order valence-corrected chi connectivity index (χ3v) is 3.37. The molecule has 0 saturated heterocycles. The van der Waals surface area contributed by atoms with Crippen LogP contribution >= 0.6 is 0 Å². The van der Waals surface area contributed by atoms with Gasteiger partial charge in [0.05, 0.1) is 17.7 Å². The van der Waals surface area contributed by atoms with Crippen LogP contribution in [0.15, 0.2) is 54.9 Å². The number of hydrogen-bond donors (Lipinski definition) is 0. The number of nitro benzene ring substituents is 1. The summed E-state index contributed by atoms with van der Waals surface area (Å²) in [6.45, 7) is 0. The largest absolute Gasteiger partial charge is 0.490 e. The number of nitro groups is 1. The van der Waals surface area contributed by atoms with Crippen molar-refractivity contribution in [3.8, 4) is 11.5 Å². The molecule has 0 fully saturated rings. The first-order valence-corrected chi connectivity index (χ1v) is 6.70. The summed E-state index contributed by atoms with van der Waals surface area (Å²) in [6.07, 6.45) is 2.86. The van der Waals surface area contributed by atoms with Crippen LogP contribution in [0.25, 0.3) is 0 Å². The van der Waals surface area contributed by atoms with Gasteiger partial charge in [-0.05, 0) is 24.3 Å². The highest BCUT2D eigenvalue weighted by Crippen LogP contribution is 2.34. The predicted octanol–water partition coefficient (Wildman–Crippen LogP) is 3.11. The number of benzene rings is 2. The van der Waals surface area contributed by atoms with Crippen molar-refractivity contribution in [2.24, 2.45) is 0 Å². The number of amides is 1. The number of ether oxygens (including phenoxy) is 2. The molecule has 7 heteroatoms. The number of carbonyl (C=O) groups excluding carboxylic acids is 1. The molecule has 2 aromatic carbocycles. The van der Waals surface area contributed by atoms with E-state index < -0.39 is 10.8 Å². The lowest BCUT2D eigenvalue weighted by atomic mass is 10.1. The van der Waals surface area contributed by atoms with Crippen LogP contribution in [0.3, 0.4) is 0 Å². The fourth-order valence-electron chi connectivity index (χ4n) is 2.28. The Balaban J connectivity index is 2.01. The molecule has 0 N–H and O–H groups in total. The van der Waals surface area contributed by atoms with Crippen LogP contribution in [0.1, 0.15) is 10.4 Å². The minimum atomic E-state index is -0.585. The highest BCUT2D eigenvalue weighted by Gasteiger charge is 2.24. The van der Waals surface area contributed by atoms with E-state index in [1.54, 1.807) is 24.3 Å². The zero-order valence-electron chi connectivity index (χ0n) is 12.1. The number of nitrogens with zero attached hydrogens (tertiary/aromatic N) is 2. The normalized spacial score (nSPS) is 12.3. The Morgan fingerprint density at radius 2 is 2.04 bits per heavy atom. The summed E-state index contributed by atoms with van der Waals surface area (Å²) in [6, 6.07) is 11.1. The van der Waals surface area contributed by atoms with Gasteiger partial charge in [0.15, 0.2) is 11.5 Å². The molecule has 0 aromatic heterocycles. The Hall–Kier alpha value is -3.35. The summed E-state index contributed by atoms with van der Waals surface area (Å²) in [5, 5.41) is 11.1. The molecule has 0 aliphatic carbocycles. The number of hydrogen-bond acceptors (Lipinski definition) is 5. The van der Waals surface area contributed by atoms with Crippen LogP contribution in [-0.4, -0.2) is 17.9 Å². The van der Waals surface area contributed by atoms with E-state index in [0.717, 1.165) is 0 Å². The first-order valence-electron chi connectivity index (χ1n) is 6.70. The highest BCUT2D eigenvalue weighted by atomic mass is 16.6. The van der Waals surface area contributed by atoms with E-state index in [0.29, 0.717) is 11.4 Å². The Bertz CT molecular complexity index is 816. The zero-order chi connectivity index (χ0) is 16.4. The standard InChI is InChI=1S/C16H12N2O5/c1-22-14-7-6-11(10-13(14)18(20)21)16(19)17-8-9-23-15-5-3-2-4-12(15)17/h2-10H,1H3. The van der Waals surface area contributed by atoms with Crippen LogP contribution in [0.2, 0.25) is 0 Å². The van der Waals surface area contributed by atoms with Crippen molar-refractivity contribution < 1.29 is 19.2 Å². The average Bonchev–Trinajstić information content (AvgIpc) is 2.60. The maximum Gasteiger partial charge on any atom is 0.311 e. The molecule has 1 aliphatic heterocycles. The molecular formula is C16H12N2O5. The molecule has 1 amide bonds. The lowest BCUT2D eigenvalue weighted by molar-refractivity contribution is -0.385. The molecule has 3 rings (SSSR count). The second kappa shape index (κ2) is 5.80. The summed E-state index contributed by atoms with van der Waals surface area (Å²) < 4.78 is 10.3. The van der Waals surface area contributed by atoms with Gasteiger partial charge in [0.1, 0.15) is 6.26 Å². The van der Waals surface area contributed by atoms with Gasteiger partial charge >= 0.3 is 5.69 Å². The van der Waals surface area contributed by atoms with Crippen LogP contribution in [0.5, 0.6) is 11.5 Å². The number of anilines is 1. The first-order chi connectivity index (χ1) is 11.1. The minimum Gasteiger partial charge on any atom is -0.490 e. The Morgan fingerprint density at radius 3 is 2.78 bits per heavy atom. The number of fused-ring (bicyclic) bond motifs is 1. The van der Waals surface area contributed by atoms with Crippen molar-refractivity contribution in [1.82, 2.24) is 0 Å². The minimum absolute atomic E-state index is 0.101. The van der Waals surface area contributed by atoms with Gasteiger partial charge in [-0.15, -0.1) is 0 Å². The van der Waals surface area contributed by atoms with E-state index >= 15 is 0 Å². The van der Waals surface area contributed by atoms with Crippen molar-refractivity contribution in [2.45, 2.75) is 0 Å². The third-order valence-electron chi connectivity index (χ3n) is 3.37. The molecule has 116 valence electrons. The number of methoxy groups -OCH3 is 1. The van der Waals surface area contributed by atoms with Gasteiger partial charge in [0, 0.05) is 17.8 Å². The molecule has 2 aromatic rings. The topological polar surface area (TPSA) is 81.9 Å². The van der Waals surface area contributed by atoms with Crippen LogP contribution in [0, 0.1) is 10.1 Å². The van der Waals surface area contributed by atoms with Crippen LogP contribution < -0.4 is 14.4 Å². The molecule has 0 atom stereocenters. The summed E-state index contributed by atoms with van der Waals surface area (Å²) in [5.41, 5.74) is 0.487. The van der Waals surface area contributed by atoms with Crippen molar-refractivity contribution in [3.05, 3.63) is 70.6 Å². The van der Waals surface area contributed by atoms with Crippen molar-refractivity contribution >= 4 is 17.3 Å². The number of para-hydroxylation sites is 2. The molecule has 1 heterocycles. The molecule has 7 nitrogen and oxygen atoms in total. The summed E-state index contributed by atoms with van der Waals surface area (Å²) in [4.78, 5) is 24.6. The molecule has 0 bridgehead atoms. The number of rotatable bonds is 3. The Labute approximate surface area is 131 Å². The first kappa shape index (κ1) is 14.6. The fourth-order valence-corrected chi connectivity index (χ4v) is 2.28. The molecule has 23 heavy (non-hydrogen) atoms. The lowest BCUT2D eigenvalue weighted by Gasteiger charge is -2.24. The van der Waals surface area contributed by atoms with E-state index in [1.165, 1.54) is 42.7 Å². The smallest absolute Gasteiger partial charge is 0.311 e. The van der Waals surface area contributed by atoms with Gasteiger partial charge in [-0.3, -0.25) is 19.8 Å². The van der Waals surface area contributed by atoms with Crippen LogP contribution in [-0.2, 0) is 0 Å². The van der Waals surface area contributed by atoms with Gasteiger partial charge in [-0.1, -0.05) is 12.1 Å². The molecule has 0 unspecified atom stereocenters. The molecule has 0 saturated carbocycles. The molecule has 0 spiro atoms. The Morgan fingerprint density at radius 1 is 1.26 bits per heavy atom. The second-order valence-electron chi connectivity index (χ2n) is 4.69. The summed E-state index contributed by atoms with van der Waals surface area (Å²) in [7, 11) is 1.34. The van der Waals surface area contributed by atoms with Crippen molar-refractivity contribution in [1.29, 1.82) is 0 Å². The van der Waals surface area contributed by atoms with Crippen molar-refractivity contribution in [2.75, 3.05) is 12.0 Å². The van der Waals surface area contributed by atoms with E-state index in [2.05, 4.69) is 0 Å². The predicted molar refractivity (Wildman–Crippen MR) is 82.7 cm³/mol. The van der Waals surface area contributed by atoms with Gasteiger partial charge < -0.3 is 9.47 Å². The number of carbonyl (C=O) groups is 1. The summed E-state index contributed by atoms with van der Waals surface area (Å²) >= 11 is 0. The SMILES string of the molecule is COc1ccc(C(=O)N2C=COc3ccccc32)cc1[N+](=O)[O-]. The maximum absolute atomic E-state index is 12.7. The Kier molecular flexibility index (Phi) is 3.68. The monoisotopic (exact) mass is 312 g/mol. The van der Waals surface area contributed by atoms with E-state index in [1.807, 2.05) is 0 Å². The van der Waals surface area contributed by atoms with E-state index in [4.69, 9.17) is 9.47 Å². The summed E-state index contributed by atoms with van der Waals surface area (Å²) in [5.74, 6) is 0.235. The highest BCUT2D eigenvalue weighted by molar-refractivity contribution is 6.08. The molecule has 1 aliphatic rings. The van der Waals surface area contributed by atoms with Gasteiger partial charge in [-0.25, -0.2) is 0 Å². The maximum atomic E-state index is 12.7. The van der Waals surface area contributed by atoms with Gasteiger partial charge in [0.25, 0.3) is 5.91 Å². The molecule has 0 radical (unpaired) electrons. The van der Waals surface area contributed by atoms with Crippen molar-refractivity contribution in [3.63, 3.8) is 0 Å². The fraction of sp³-hybridized carbons (Fsp3) is 0.0625. The third kappa shape index (κ3) is 2.59. The lowest BCUT2D eigenvalue weighted by Crippen LogP contribution is -2.27. The average molecular weight is 312 g/mol. The molecular weight excluding hydrogens is 300 g/mol. The van der Waals surface area contributed by atoms with Gasteiger partial charge in [0.2, 0.25) is 0 Å². The quantitative estimate of drug-likeness (QED) is 0.642. The van der Waals surface area contributed by atoms with E-state index in [-0.39, 0.29) is 17.0 Å². The van der Waals surface area contributed by atoms with Gasteiger partial charge in [-0.2, -0.15) is 0 Å². The zero-order valence-corrected chi connectivity index (χ0v) is 12.1.